The number of methoxy groups -OCH3 is 1. The van der Waals surface area contributed by atoms with Crippen LogP contribution in [-0.4, -0.2) is 18.2 Å². The van der Waals surface area contributed by atoms with Gasteiger partial charge < -0.3 is 9.84 Å². The van der Waals surface area contributed by atoms with Gasteiger partial charge in [0.25, 0.3) is 0 Å². The van der Waals surface area contributed by atoms with Crippen LogP contribution in [0, 0.1) is 0 Å². The molecule has 0 aromatic heterocycles. The topological polar surface area (TPSA) is 46.5 Å². The zero-order valence-electron chi connectivity index (χ0n) is 11.0. The molecule has 3 heteroatoms. The van der Waals surface area contributed by atoms with Crippen LogP contribution < -0.4 is 0 Å². The number of benzene rings is 1. The van der Waals surface area contributed by atoms with E-state index < -0.39 is 0 Å². The fraction of sp³-hybridized carbons (Fsp3) is 0.533. The molecule has 0 fully saturated rings. The average molecular weight is 250 g/mol. The third-order valence-corrected chi connectivity index (χ3v) is 3.09. The average Bonchev–Trinajstić information content (AvgIpc) is 2.42. The molecule has 0 atom stereocenters. The first-order valence-corrected chi connectivity index (χ1v) is 6.52. The Morgan fingerprint density at radius 3 is 2.44 bits per heavy atom. The lowest BCUT2D eigenvalue weighted by Crippen LogP contribution is -1.99. The number of aryl methyl sites for hydroxylation is 1. The van der Waals surface area contributed by atoms with Gasteiger partial charge in [-0.15, -0.1) is 0 Å². The Morgan fingerprint density at radius 2 is 1.78 bits per heavy atom. The summed E-state index contributed by atoms with van der Waals surface area (Å²) in [6.45, 7) is 0.110. The molecule has 0 saturated carbocycles. The van der Waals surface area contributed by atoms with Crippen molar-refractivity contribution >= 4 is 5.97 Å². The monoisotopic (exact) mass is 250 g/mol. The van der Waals surface area contributed by atoms with Gasteiger partial charge >= 0.3 is 5.97 Å². The van der Waals surface area contributed by atoms with E-state index in [0.717, 1.165) is 37.7 Å². The van der Waals surface area contributed by atoms with E-state index in [1.807, 2.05) is 18.2 Å². The van der Waals surface area contributed by atoms with Gasteiger partial charge in [-0.3, -0.25) is 4.79 Å². The minimum absolute atomic E-state index is 0.110. The molecule has 0 radical (unpaired) electrons. The highest BCUT2D eigenvalue weighted by molar-refractivity contribution is 5.68. The second kappa shape index (κ2) is 8.70. The van der Waals surface area contributed by atoms with E-state index in [-0.39, 0.29) is 12.6 Å². The number of unbranched alkanes of at least 4 members (excludes halogenated alkanes) is 3. The third-order valence-electron chi connectivity index (χ3n) is 3.09. The number of carbonyl (C=O) groups excluding carboxylic acids is 1. The largest absolute Gasteiger partial charge is 0.469 e. The molecule has 1 N–H and O–H groups in total. The SMILES string of the molecule is COC(=O)CCCCCCc1ccccc1CO. The van der Waals surface area contributed by atoms with Crippen LogP contribution in [0.5, 0.6) is 0 Å². The van der Waals surface area contributed by atoms with E-state index in [1.54, 1.807) is 0 Å². The second-order valence-corrected chi connectivity index (χ2v) is 4.42. The summed E-state index contributed by atoms with van der Waals surface area (Å²) >= 11 is 0. The molecule has 0 spiro atoms. The second-order valence-electron chi connectivity index (χ2n) is 4.42. The Labute approximate surface area is 109 Å². The van der Waals surface area contributed by atoms with Gasteiger partial charge in [0.2, 0.25) is 0 Å². The number of hydrogen-bond acceptors (Lipinski definition) is 3. The smallest absolute Gasteiger partial charge is 0.305 e. The van der Waals surface area contributed by atoms with Crippen molar-refractivity contribution in [3.05, 3.63) is 35.4 Å². The van der Waals surface area contributed by atoms with Gasteiger partial charge in [0, 0.05) is 6.42 Å². The molecule has 100 valence electrons. The van der Waals surface area contributed by atoms with Crippen molar-refractivity contribution in [3.63, 3.8) is 0 Å². The van der Waals surface area contributed by atoms with Gasteiger partial charge in [0.05, 0.1) is 13.7 Å². The van der Waals surface area contributed by atoms with Gasteiger partial charge in [-0.05, 0) is 30.4 Å². The molecular weight excluding hydrogens is 228 g/mol. The minimum Gasteiger partial charge on any atom is -0.469 e. The van der Waals surface area contributed by atoms with E-state index in [1.165, 1.54) is 12.7 Å². The van der Waals surface area contributed by atoms with Crippen molar-refractivity contribution in [2.75, 3.05) is 7.11 Å². The molecule has 1 aromatic carbocycles. The van der Waals surface area contributed by atoms with E-state index >= 15 is 0 Å². The van der Waals surface area contributed by atoms with E-state index in [2.05, 4.69) is 10.8 Å². The lowest BCUT2D eigenvalue weighted by molar-refractivity contribution is -0.140. The highest BCUT2D eigenvalue weighted by atomic mass is 16.5. The molecule has 0 aliphatic carbocycles. The van der Waals surface area contributed by atoms with Gasteiger partial charge in [0.1, 0.15) is 0 Å². The van der Waals surface area contributed by atoms with Crippen LogP contribution in [0.15, 0.2) is 24.3 Å². The number of carbonyl (C=O) groups is 1. The van der Waals surface area contributed by atoms with Gasteiger partial charge in [-0.25, -0.2) is 0 Å². The molecular formula is C15H22O3. The molecule has 0 heterocycles. The first-order chi connectivity index (χ1) is 8.77. The lowest BCUT2D eigenvalue weighted by Gasteiger charge is -2.06. The van der Waals surface area contributed by atoms with E-state index in [9.17, 15) is 9.90 Å². The summed E-state index contributed by atoms with van der Waals surface area (Å²) < 4.78 is 4.59. The minimum atomic E-state index is -0.124. The lowest BCUT2D eigenvalue weighted by atomic mass is 10.0. The maximum atomic E-state index is 10.9. The Bertz CT molecular complexity index is 361. The highest BCUT2D eigenvalue weighted by Crippen LogP contribution is 2.13. The van der Waals surface area contributed by atoms with Crippen LogP contribution in [0.1, 0.15) is 43.2 Å². The highest BCUT2D eigenvalue weighted by Gasteiger charge is 2.01. The summed E-state index contributed by atoms with van der Waals surface area (Å²) in [4.78, 5) is 10.9. The third kappa shape index (κ3) is 5.32. The molecule has 3 nitrogen and oxygen atoms in total. The van der Waals surface area contributed by atoms with Crippen LogP contribution in [-0.2, 0) is 22.6 Å². The molecule has 18 heavy (non-hydrogen) atoms. The first kappa shape index (κ1) is 14.7. The van der Waals surface area contributed by atoms with Crippen LogP contribution in [0.3, 0.4) is 0 Å². The molecule has 0 aliphatic heterocycles. The Kier molecular flexibility index (Phi) is 7.11. The zero-order chi connectivity index (χ0) is 13.2. The van der Waals surface area contributed by atoms with Crippen LogP contribution in [0.2, 0.25) is 0 Å². The maximum Gasteiger partial charge on any atom is 0.305 e. The van der Waals surface area contributed by atoms with E-state index in [0.29, 0.717) is 6.42 Å². The normalized spacial score (nSPS) is 10.3. The first-order valence-electron chi connectivity index (χ1n) is 6.52. The summed E-state index contributed by atoms with van der Waals surface area (Å²) in [5, 5.41) is 9.20. The summed E-state index contributed by atoms with van der Waals surface area (Å²) in [5.41, 5.74) is 2.25. The zero-order valence-corrected chi connectivity index (χ0v) is 11.0. The number of esters is 1. The quantitative estimate of drug-likeness (QED) is 0.570. The molecule has 0 aliphatic rings. The van der Waals surface area contributed by atoms with Crippen LogP contribution in [0.4, 0.5) is 0 Å². The Hall–Kier alpha value is -1.35. The van der Waals surface area contributed by atoms with Crippen molar-refractivity contribution in [1.29, 1.82) is 0 Å². The van der Waals surface area contributed by atoms with Crippen molar-refractivity contribution in [2.24, 2.45) is 0 Å². The number of aliphatic hydroxyl groups is 1. The predicted molar refractivity (Wildman–Crippen MR) is 71.2 cm³/mol. The fourth-order valence-corrected chi connectivity index (χ4v) is 2.00. The summed E-state index contributed by atoms with van der Waals surface area (Å²) in [6.07, 6.45) is 5.67. The maximum absolute atomic E-state index is 10.9. The van der Waals surface area contributed by atoms with Crippen molar-refractivity contribution < 1.29 is 14.6 Å². The number of aliphatic hydroxyl groups excluding tert-OH is 1. The van der Waals surface area contributed by atoms with Crippen LogP contribution in [0.25, 0.3) is 0 Å². The molecule has 0 amide bonds. The standard InChI is InChI=1S/C15H22O3/c1-18-15(17)11-5-3-2-4-8-13-9-6-7-10-14(13)12-16/h6-7,9-10,16H,2-5,8,11-12H2,1H3. The van der Waals surface area contributed by atoms with Crippen molar-refractivity contribution in [3.8, 4) is 0 Å². The number of hydrogen-bond donors (Lipinski definition) is 1. The number of ether oxygens (including phenoxy) is 1. The van der Waals surface area contributed by atoms with Crippen LogP contribution >= 0.6 is 0 Å². The van der Waals surface area contributed by atoms with E-state index in [4.69, 9.17) is 0 Å². The summed E-state index contributed by atoms with van der Waals surface area (Å²) in [6, 6.07) is 7.99. The molecule has 1 rings (SSSR count). The molecule has 0 unspecified atom stereocenters. The van der Waals surface area contributed by atoms with Crippen molar-refractivity contribution in [2.45, 2.75) is 45.1 Å². The fourth-order valence-electron chi connectivity index (χ4n) is 2.00. The van der Waals surface area contributed by atoms with Crippen molar-refractivity contribution in [1.82, 2.24) is 0 Å². The molecule has 0 bridgehead atoms. The predicted octanol–water partition coefficient (Wildman–Crippen LogP) is 2.84. The van der Waals surface area contributed by atoms with Gasteiger partial charge in [-0.1, -0.05) is 37.1 Å². The summed E-state index contributed by atoms with van der Waals surface area (Å²) in [7, 11) is 1.42. The number of rotatable bonds is 8. The Balaban J connectivity index is 2.16. The van der Waals surface area contributed by atoms with Gasteiger partial charge in [-0.2, -0.15) is 0 Å². The molecule has 1 aromatic rings. The summed E-state index contributed by atoms with van der Waals surface area (Å²) in [5.74, 6) is -0.124. The van der Waals surface area contributed by atoms with Gasteiger partial charge in [0.15, 0.2) is 0 Å². The Morgan fingerprint density at radius 1 is 1.11 bits per heavy atom. The molecule has 0 saturated heterocycles.